The van der Waals surface area contributed by atoms with Crippen molar-refractivity contribution < 1.29 is 9.59 Å². The van der Waals surface area contributed by atoms with Crippen LogP contribution in [-0.2, 0) is 15.0 Å². The van der Waals surface area contributed by atoms with Gasteiger partial charge in [0.1, 0.15) is 0 Å². The number of amides is 2. The Morgan fingerprint density at radius 3 is 2.61 bits per heavy atom. The topological polar surface area (TPSA) is 58.2 Å². The fraction of sp³-hybridized carbons (Fsp3) is 0.538. The Hall–Kier alpha value is -1.20. The quantitative estimate of drug-likeness (QED) is 0.785. The summed E-state index contributed by atoms with van der Waals surface area (Å²) in [7, 11) is 0. The molecule has 2 aliphatic rings. The Kier molecular flexibility index (Phi) is 2.95. The average molecular weight is 264 g/mol. The third kappa shape index (κ3) is 1.69. The molecule has 2 fully saturated rings. The first kappa shape index (κ1) is 11.9. The maximum atomic E-state index is 12.4. The molecule has 2 amide bonds. The second-order valence-corrected chi connectivity index (χ2v) is 5.97. The van der Waals surface area contributed by atoms with Gasteiger partial charge in [0.05, 0.1) is 5.41 Å². The summed E-state index contributed by atoms with van der Waals surface area (Å²) in [5.74, 6) is 0.0395. The van der Waals surface area contributed by atoms with Gasteiger partial charge in [0, 0.05) is 11.3 Å². The molecule has 2 N–H and O–H groups in total. The van der Waals surface area contributed by atoms with Crippen molar-refractivity contribution >= 4 is 23.2 Å². The summed E-state index contributed by atoms with van der Waals surface area (Å²) in [5.41, 5.74) is -0.604. The molecule has 1 unspecified atom stereocenters. The highest BCUT2D eigenvalue weighted by atomic mass is 32.1. The van der Waals surface area contributed by atoms with Crippen molar-refractivity contribution in [3.63, 3.8) is 0 Å². The highest BCUT2D eigenvalue weighted by molar-refractivity contribution is 7.10. The lowest BCUT2D eigenvalue weighted by Gasteiger charge is -2.36. The van der Waals surface area contributed by atoms with Crippen LogP contribution in [0.5, 0.6) is 0 Å². The Labute approximate surface area is 110 Å². The van der Waals surface area contributed by atoms with Crippen LogP contribution >= 0.6 is 11.3 Å². The minimum Gasteiger partial charge on any atom is -0.317 e. The van der Waals surface area contributed by atoms with Crippen LogP contribution in [-0.4, -0.2) is 24.9 Å². The molecule has 18 heavy (non-hydrogen) atoms. The first-order valence-corrected chi connectivity index (χ1v) is 7.20. The minimum atomic E-state index is -0.604. The Balaban J connectivity index is 2.03. The van der Waals surface area contributed by atoms with E-state index in [1.807, 2.05) is 17.5 Å². The number of imide groups is 1. The van der Waals surface area contributed by atoms with Gasteiger partial charge < -0.3 is 5.32 Å². The van der Waals surface area contributed by atoms with Gasteiger partial charge in [0.2, 0.25) is 11.8 Å². The van der Waals surface area contributed by atoms with Crippen LogP contribution in [0.4, 0.5) is 0 Å². The molecule has 2 saturated heterocycles. The smallest absolute Gasteiger partial charge is 0.238 e. The van der Waals surface area contributed by atoms with Gasteiger partial charge in [-0.3, -0.25) is 14.9 Å². The number of thiophene rings is 1. The van der Waals surface area contributed by atoms with Crippen molar-refractivity contribution in [2.45, 2.75) is 24.7 Å². The molecule has 2 aliphatic heterocycles. The lowest BCUT2D eigenvalue weighted by atomic mass is 9.69. The first-order chi connectivity index (χ1) is 8.73. The molecular formula is C13H16N2O2S. The summed E-state index contributed by atoms with van der Waals surface area (Å²) in [6.07, 6.45) is 2.23. The van der Waals surface area contributed by atoms with Crippen molar-refractivity contribution in [3.8, 4) is 0 Å². The SMILES string of the molecule is O=C1CC(c2cccs2)(C2CCNCC2)C(=O)N1. The van der Waals surface area contributed by atoms with Crippen LogP contribution in [0.15, 0.2) is 17.5 Å². The monoisotopic (exact) mass is 264 g/mol. The molecule has 3 rings (SSSR count). The Morgan fingerprint density at radius 1 is 1.28 bits per heavy atom. The first-order valence-electron chi connectivity index (χ1n) is 6.32. The number of nitrogens with one attached hydrogen (secondary N) is 2. The molecule has 3 heterocycles. The van der Waals surface area contributed by atoms with Crippen molar-refractivity contribution in [2.24, 2.45) is 5.92 Å². The molecular weight excluding hydrogens is 248 g/mol. The molecule has 0 aromatic carbocycles. The molecule has 0 aliphatic carbocycles. The van der Waals surface area contributed by atoms with Crippen molar-refractivity contribution in [1.82, 2.24) is 10.6 Å². The normalized spacial score (nSPS) is 29.6. The van der Waals surface area contributed by atoms with Crippen LogP contribution in [0.3, 0.4) is 0 Å². The van der Waals surface area contributed by atoms with E-state index in [2.05, 4.69) is 10.6 Å². The van der Waals surface area contributed by atoms with E-state index in [0.717, 1.165) is 30.8 Å². The van der Waals surface area contributed by atoms with Crippen molar-refractivity contribution in [1.29, 1.82) is 0 Å². The molecule has 0 saturated carbocycles. The minimum absolute atomic E-state index is 0.0955. The summed E-state index contributed by atoms with van der Waals surface area (Å²) in [4.78, 5) is 25.1. The number of rotatable bonds is 2. The molecule has 1 aromatic rings. The fourth-order valence-electron chi connectivity index (χ4n) is 3.19. The molecule has 0 radical (unpaired) electrons. The molecule has 4 nitrogen and oxygen atoms in total. The summed E-state index contributed by atoms with van der Waals surface area (Å²) >= 11 is 1.59. The van der Waals surface area contributed by atoms with Gasteiger partial charge in [0.15, 0.2) is 0 Å². The number of hydrogen-bond donors (Lipinski definition) is 2. The van der Waals surface area contributed by atoms with Gasteiger partial charge in [-0.05, 0) is 43.3 Å². The van der Waals surface area contributed by atoms with Crippen molar-refractivity contribution in [2.75, 3.05) is 13.1 Å². The lowest BCUT2D eigenvalue weighted by molar-refractivity contribution is -0.127. The third-order valence-corrected chi connectivity index (χ3v) is 5.14. The van der Waals surface area contributed by atoms with E-state index in [1.165, 1.54) is 0 Å². The molecule has 0 spiro atoms. The van der Waals surface area contributed by atoms with Gasteiger partial charge in [-0.2, -0.15) is 0 Å². The van der Waals surface area contributed by atoms with E-state index >= 15 is 0 Å². The molecule has 1 atom stereocenters. The predicted octanol–water partition coefficient (Wildman–Crippen LogP) is 1.03. The Bertz CT molecular complexity index is 465. The maximum Gasteiger partial charge on any atom is 0.238 e. The van der Waals surface area contributed by atoms with Gasteiger partial charge in [0.25, 0.3) is 0 Å². The number of carbonyl (C=O) groups excluding carboxylic acids is 2. The summed E-state index contributed by atoms with van der Waals surface area (Å²) in [5, 5.41) is 7.80. The van der Waals surface area contributed by atoms with Crippen LogP contribution < -0.4 is 10.6 Å². The fourth-order valence-corrected chi connectivity index (χ4v) is 4.20. The van der Waals surface area contributed by atoms with Crippen LogP contribution in [0.2, 0.25) is 0 Å². The summed E-state index contributed by atoms with van der Waals surface area (Å²) < 4.78 is 0. The van der Waals surface area contributed by atoms with Gasteiger partial charge in [-0.25, -0.2) is 0 Å². The van der Waals surface area contributed by atoms with Crippen LogP contribution in [0.1, 0.15) is 24.1 Å². The van der Waals surface area contributed by atoms with Crippen molar-refractivity contribution in [3.05, 3.63) is 22.4 Å². The number of hydrogen-bond acceptors (Lipinski definition) is 4. The molecule has 0 bridgehead atoms. The van der Waals surface area contributed by atoms with E-state index in [4.69, 9.17) is 0 Å². The predicted molar refractivity (Wildman–Crippen MR) is 69.4 cm³/mol. The zero-order valence-corrected chi connectivity index (χ0v) is 10.9. The molecule has 96 valence electrons. The zero-order chi connectivity index (χ0) is 12.6. The van der Waals surface area contributed by atoms with Crippen LogP contribution in [0, 0.1) is 5.92 Å². The van der Waals surface area contributed by atoms with E-state index < -0.39 is 5.41 Å². The largest absolute Gasteiger partial charge is 0.317 e. The molecule has 1 aromatic heterocycles. The highest BCUT2D eigenvalue weighted by Gasteiger charge is 2.53. The Morgan fingerprint density at radius 2 is 2.06 bits per heavy atom. The summed E-state index contributed by atoms with van der Waals surface area (Å²) in [6.45, 7) is 1.86. The number of carbonyl (C=O) groups is 2. The van der Waals surface area contributed by atoms with Crippen LogP contribution in [0.25, 0.3) is 0 Å². The zero-order valence-electron chi connectivity index (χ0n) is 10.1. The van der Waals surface area contributed by atoms with Gasteiger partial charge >= 0.3 is 0 Å². The van der Waals surface area contributed by atoms with E-state index in [-0.39, 0.29) is 17.7 Å². The average Bonchev–Trinajstić information content (AvgIpc) is 2.99. The van der Waals surface area contributed by atoms with E-state index in [0.29, 0.717) is 6.42 Å². The maximum absolute atomic E-state index is 12.4. The second-order valence-electron chi connectivity index (χ2n) is 5.03. The summed E-state index contributed by atoms with van der Waals surface area (Å²) in [6, 6.07) is 3.95. The van der Waals surface area contributed by atoms with E-state index in [1.54, 1.807) is 11.3 Å². The van der Waals surface area contributed by atoms with E-state index in [9.17, 15) is 9.59 Å². The molecule has 5 heteroatoms. The number of piperidine rings is 1. The third-order valence-electron chi connectivity index (χ3n) is 4.09. The van der Waals surface area contributed by atoms with Gasteiger partial charge in [-0.15, -0.1) is 11.3 Å². The lowest BCUT2D eigenvalue weighted by Crippen LogP contribution is -2.46. The van der Waals surface area contributed by atoms with Gasteiger partial charge in [-0.1, -0.05) is 6.07 Å². The standard InChI is InChI=1S/C13H16N2O2S/c16-11-8-13(12(17)15-11,10-2-1-7-18-10)9-3-5-14-6-4-9/h1-2,7,9,14H,3-6,8H2,(H,15,16,17). The highest BCUT2D eigenvalue weighted by Crippen LogP contribution is 2.45. The second kappa shape index (κ2) is 4.48.